The van der Waals surface area contributed by atoms with Crippen molar-refractivity contribution in [2.75, 3.05) is 13.2 Å². The number of hydrogen-bond donors (Lipinski definition) is 0. The van der Waals surface area contributed by atoms with E-state index in [1.54, 1.807) is 24.4 Å². The lowest BCUT2D eigenvalue weighted by molar-refractivity contribution is -0.0907. The Labute approximate surface area is 104 Å². The molecule has 0 aromatic carbocycles. The molecule has 18 heavy (non-hydrogen) atoms. The van der Waals surface area contributed by atoms with Gasteiger partial charge in [0.25, 0.3) is 0 Å². The van der Waals surface area contributed by atoms with Crippen molar-refractivity contribution in [1.29, 1.82) is 0 Å². The van der Waals surface area contributed by atoms with Crippen LogP contribution in [-0.4, -0.2) is 36.7 Å². The highest BCUT2D eigenvalue weighted by atomic mass is 16.8. The highest BCUT2D eigenvalue weighted by Gasteiger charge is 2.44. The molecule has 0 saturated carbocycles. The van der Waals surface area contributed by atoms with E-state index < -0.39 is 6.16 Å². The van der Waals surface area contributed by atoms with Gasteiger partial charge in [-0.15, -0.1) is 0 Å². The molecule has 0 radical (unpaired) electrons. The molecule has 0 N–H and O–H groups in total. The number of nitrogens with zero attached hydrogens (tertiary/aromatic N) is 1. The first-order valence-corrected chi connectivity index (χ1v) is 5.85. The third-order valence-electron chi connectivity index (χ3n) is 3.06. The summed E-state index contributed by atoms with van der Waals surface area (Å²) in [6.45, 7) is 0.997. The molecular formula is C12H13NO5. The van der Waals surface area contributed by atoms with Crippen LogP contribution in [0.25, 0.3) is 0 Å². The molecule has 0 amide bonds. The maximum absolute atomic E-state index is 11.6. The lowest BCUT2D eigenvalue weighted by Gasteiger charge is -2.14. The van der Waals surface area contributed by atoms with E-state index in [1.807, 2.05) is 0 Å². The number of carbonyl (C=O) groups is 1. The number of pyridine rings is 1. The molecule has 2 saturated heterocycles. The van der Waals surface area contributed by atoms with Crippen molar-refractivity contribution in [3.8, 4) is 5.88 Å². The minimum absolute atomic E-state index is 0.112. The van der Waals surface area contributed by atoms with Crippen molar-refractivity contribution in [3.05, 3.63) is 24.4 Å². The van der Waals surface area contributed by atoms with Crippen LogP contribution in [0.1, 0.15) is 6.42 Å². The largest absolute Gasteiger partial charge is 0.515 e. The summed E-state index contributed by atoms with van der Waals surface area (Å²) >= 11 is 0. The van der Waals surface area contributed by atoms with Crippen molar-refractivity contribution < 1.29 is 23.7 Å². The molecule has 2 aliphatic heterocycles. The molecule has 2 fully saturated rings. The van der Waals surface area contributed by atoms with E-state index >= 15 is 0 Å². The smallest absolute Gasteiger partial charge is 0.428 e. The summed E-state index contributed by atoms with van der Waals surface area (Å²) in [5.41, 5.74) is 0. The normalized spacial score (nSPS) is 29.9. The van der Waals surface area contributed by atoms with Crippen LogP contribution >= 0.6 is 0 Å². The number of aromatic nitrogens is 1. The van der Waals surface area contributed by atoms with E-state index in [0.717, 1.165) is 6.42 Å². The molecule has 6 heteroatoms. The molecule has 96 valence electrons. The van der Waals surface area contributed by atoms with Crippen molar-refractivity contribution in [2.24, 2.45) is 5.92 Å². The lowest BCUT2D eigenvalue weighted by Crippen LogP contribution is -2.28. The zero-order valence-electron chi connectivity index (χ0n) is 9.65. The number of rotatable bonds is 2. The van der Waals surface area contributed by atoms with Crippen molar-refractivity contribution in [1.82, 2.24) is 4.98 Å². The molecule has 2 aliphatic rings. The summed E-state index contributed by atoms with van der Waals surface area (Å²) < 4.78 is 20.9. The topological polar surface area (TPSA) is 66.9 Å². The molecule has 3 rings (SSSR count). The third kappa shape index (κ3) is 2.30. The first-order valence-electron chi connectivity index (χ1n) is 5.85. The number of carbonyl (C=O) groups excluding carboxylic acids is 1. The Hall–Kier alpha value is -1.66. The SMILES string of the molecule is O=C(Oc1ccccn1)O[C@@H]1CO[C@@H]2OCC[C@@H]21. The average Bonchev–Trinajstić information content (AvgIpc) is 2.95. The van der Waals surface area contributed by atoms with Gasteiger partial charge >= 0.3 is 6.16 Å². The maximum Gasteiger partial charge on any atom is 0.515 e. The van der Waals surface area contributed by atoms with Crippen LogP contribution in [0.15, 0.2) is 24.4 Å². The van der Waals surface area contributed by atoms with Crippen LogP contribution in [0.5, 0.6) is 5.88 Å². The van der Waals surface area contributed by atoms with Gasteiger partial charge in [0.05, 0.1) is 19.1 Å². The van der Waals surface area contributed by atoms with Gasteiger partial charge in [-0.05, 0) is 12.5 Å². The summed E-state index contributed by atoms with van der Waals surface area (Å²) in [7, 11) is 0. The second-order valence-electron chi connectivity index (χ2n) is 4.20. The van der Waals surface area contributed by atoms with Crippen LogP contribution < -0.4 is 4.74 Å². The predicted octanol–water partition coefficient (Wildman–Crippen LogP) is 1.36. The van der Waals surface area contributed by atoms with E-state index in [-0.39, 0.29) is 24.2 Å². The number of fused-ring (bicyclic) bond motifs is 1. The molecule has 1 aromatic rings. The summed E-state index contributed by atoms with van der Waals surface area (Å²) in [5.74, 6) is 0.335. The zero-order valence-corrected chi connectivity index (χ0v) is 9.65. The molecule has 3 heterocycles. The van der Waals surface area contributed by atoms with E-state index in [2.05, 4.69) is 4.98 Å². The number of ether oxygens (including phenoxy) is 4. The molecule has 0 unspecified atom stereocenters. The second kappa shape index (κ2) is 4.91. The van der Waals surface area contributed by atoms with Crippen LogP contribution in [0, 0.1) is 5.92 Å². The Bertz CT molecular complexity index is 424. The fourth-order valence-corrected chi connectivity index (χ4v) is 2.19. The van der Waals surface area contributed by atoms with Crippen molar-refractivity contribution >= 4 is 6.16 Å². The van der Waals surface area contributed by atoms with E-state index in [0.29, 0.717) is 13.2 Å². The van der Waals surface area contributed by atoms with Gasteiger partial charge in [-0.2, -0.15) is 0 Å². The van der Waals surface area contributed by atoms with E-state index in [4.69, 9.17) is 18.9 Å². The Morgan fingerprint density at radius 3 is 3.17 bits per heavy atom. The highest BCUT2D eigenvalue weighted by molar-refractivity contribution is 5.63. The summed E-state index contributed by atoms with van der Waals surface area (Å²) in [6, 6.07) is 5.06. The number of hydrogen-bond acceptors (Lipinski definition) is 6. The predicted molar refractivity (Wildman–Crippen MR) is 58.9 cm³/mol. The third-order valence-corrected chi connectivity index (χ3v) is 3.06. The Morgan fingerprint density at radius 2 is 2.33 bits per heavy atom. The van der Waals surface area contributed by atoms with Gasteiger partial charge in [0, 0.05) is 12.3 Å². The Morgan fingerprint density at radius 1 is 1.39 bits per heavy atom. The van der Waals surface area contributed by atoms with Crippen LogP contribution in [0.3, 0.4) is 0 Å². The van der Waals surface area contributed by atoms with Gasteiger partial charge in [0.2, 0.25) is 5.88 Å². The first kappa shape index (κ1) is 11.4. The van der Waals surface area contributed by atoms with E-state index in [9.17, 15) is 4.79 Å². The molecular weight excluding hydrogens is 238 g/mol. The minimum atomic E-state index is -0.755. The summed E-state index contributed by atoms with van der Waals surface area (Å²) in [6.07, 6.45) is 1.09. The summed E-state index contributed by atoms with van der Waals surface area (Å²) in [5, 5.41) is 0. The Balaban J connectivity index is 1.55. The molecule has 3 atom stereocenters. The Kier molecular flexibility index (Phi) is 3.12. The highest BCUT2D eigenvalue weighted by Crippen LogP contribution is 2.33. The van der Waals surface area contributed by atoms with Gasteiger partial charge in [0.1, 0.15) is 6.10 Å². The minimum Gasteiger partial charge on any atom is -0.428 e. The van der Waals surface area contributed by atoms with Crippen molar-refractivity contribution in [3.63, 3.8) is 0 Å². The summed E-state index contributed by atoms with van der Waals surface area (Å²) in [4.78, 5) is 15.5. The molecule has 0 aliphatic carbocycles. The lowest BCUT2D eigenvalue weighted by atomic mass is 10.0. The van der Waals surface area contributed by atoms with Gasteiger partial charge < -0.3 is 18.9 Å². The fourth-order valence-electron chi connectivity index (χ4n) is 2.19. The quantitative estimate of drug-likeness (QED) is 0.739. The van der Waals surface area contributed by atoms with Gasteiger partial charge in [-0.1, -0.05) is 6.07 Å². The molecule has 6 nitrogen and oxygen atoms in total. The zero-order chi connectivity index (χ0) is 12.4. The average molecular weight is 251 g/mol. The monoisotopic (exact) mass is 251 g/mol. The van der Waals surface area contributed by atoms with Crippen LogP contribution in [0.2, 0.25) is 0 Å². The van der Waals surface area contributed by atoms with Crippen molar-refractivity contribution in [2.45, 2.75) is 18.8 Å². The first-order chi connectivity index (χ1) is 8.83. The van der Waals surface area contributed by atoms with E-state index in [1.165, 1.54) is 0 Å². The fraction of sp³-hybridized carbons (Fsp3) is 0.500. The maximum atomic E-state index is 11.6. The molecule has 0 spiro atoms. The van der Waals surface area contributed by atoms with Gasteiger partial charge in [0.15, 0.2) is 6.29 Å². The van der Waals surface area contributed by atoms with Crippen LogP contribution in [0.4, 0.5) is 4.79 Å². The van der Waals surface area contributed by atoms with Gasteiger partial charge in [-0.3, -0.25) is 0 Å². The van der Waals surface area contributed by atoms with Crippen LogP contribution in [-0.2, 0) is 14.2 Å². The van der Waals surface area contributed by atoms with Gasteiger partial charge in [-0.25, -0.2) is 9.78 Å². The second-order valence-corrected chi connectivity index (χ2v) is 4.20. The molecule has 1 aromatic heterocycles. The standard InChI is InChI=1S/C12H13NO5/c14-12(18-10-3-1-2-5-13-10)17-9-7-16-11-8(9)4-6-15-11/h1-3,5,8-9,11H,4,6-7H2/t8-,9-,11+/m1/s1. The molecule has 0 bridgehead atoms.